The number of benzene rings is 1. The zero-order valence-corrected chi connectivity index (χ0v) is 9.85. The molecule has 0 atom stereocenters. The SMILES string of the molecule is O=C(O)CSc1nc2ccccc2nc1C(=O)O. The lowest BCUT2D eigenvalue weighted by Gasteiger charge is -2.04. The van der Waals surface area contributed by atoms with E-state index in [4.69, 9.17) is 10.2 Å². The van der Waals surface area contributed by atoms with Gasteiger partial charge in [0, 0.05) is 0 Å². The minimum absolute atomic E-state index is 0.114. The third-order valence-corrected chi connectivity index (χ3v) is 3.02. The van der Waals surface area contributed by atoms with Gasteiger partial charge in [0.15, 0.2) is 5.69 Å². The molecule has 0 bridgehead atoms. The number of aliphatic carboxylic acids is 1. The second kappa shape index (κ2) is 5.01. The molecule has 1 aromatic heterocycles. The van der Waals surface area contributed by atoms with Crippen molar-refractivity contribution in [2.75, 3.05) is 5.75 Å². The van der Waals surface area contributed by atoms with Gasteiger partial charge in [-0.3, -0.25) is 4.79 Å². The summed E-state index contributed by atoms with van der Waals surface area (Å²) in [6.45, 7) is 0. The number of nitrogens with zero attached hydrogens (tertiary/aromatic N) is 2. The van der Waals surface area contributed by atoms with Gasteiger partial charge in [0.05, 0.1) is 16.8 Å². The van der Waals surface area contributed by atoms with E-state index in [0.717, 1.165) is 11.8 Å². The van der Waals surface area contributed by atoms with Crippen molar-refractivity contribution in [3.8, 4) is 0 Å². The first-order valence-corrected chi connectivity index (χ1v) is 5.91. The molecule has 0 radical (unpaired) electrons. The van der Waals surface area contributed by atoms with Gasteiger partial charge in [-0.1, -0.05) is 23.9 Å². The Bertz CT molecular complexity index is 629. The van der Waals surface area contributed by atoms with E-state index < -0.39 is 11.9 Å². The number of carbonyl (C=O) groups is 2. The van der Waals surface area contributed by atoms with E-state index in [0.29, 0.717) is 11.0 Å². The molecule has 0 spiro atoms. The third kappa shape index (κ3) is 2.57. The maximum Gasteiger partial charge on any atom is 0.357 e. The first kappa shape index (κ1) is 12.3. The molecule has 2 rings (SSSR count). The molecule has 0 amide bonds. The minimum Gasteiger partial charge on any atom is -0.481 e. The van der Waals surface area contributed by atoms with Crippen molar-refractivity contribution in [1.82, 2.24) is 9.97 Å². The highest BCUT2D eigenvalue weighted by molar-refractivity contribution is 7.99. The molecule has 2 N–H and O–H groups in total. The fraction of sp³-hybridized carbons (Fsp3) is 0.0909. The van der Waals surface area contributed by atoms with Crippen LogP contribution in [0.5, 0.6) is 0 Å². The summed E-state index contributed by atoms with van der Waals surface area (Å²) in [7, 11) is 0. The van der Waals surface area contributed by atoms with Crippen LogP contribution in [0, 0.1) is 0 Å². The fourth-order valence-electron chi connectivity index (χ4n) is 1.35. The fourth-order valence-corrected chi connectivity index (χ4v) is 2.05. The van der Waals surface area contributed by atoms with Crippen LogP contribution < -0.4 is 0 Å². The summed E-state index contributed by atoms with van der Waals surface area (Å²) in [5.41, 5.74) is 0.782. The largest absolute Gasteiger partial charge is 0.481 e. The van der Waals surface area contributed by atoms with Gasteiger partial charge in [-0.2, -0.15) is 0 Å². The van der Waals surface area contributed by atoms with Gasteiger partial charge in [-0.25, -0.2) is 14.8 Å². The Hall–Kier alpha value is -2.15. The van der Waals surface area contributed by atoms with Crippen LogP contribution in [0.4, 0.5) is 0 Å². The second-order valence-corrected chi connectivity index (χ2v) is 4.32. The highest BCUT2D eigenvalue weighted by Gasteiger charge is 2.16. The first-order valence-electron chi connectivity index (χ1n) is 4.92. The number of para-hydroxylation sites is 2. The molecule has 0 unspecified atom stereocenters. The number of hydrogen-bond acceptors (Lipinski definition) is 5. The molecule has 18 heavy (non-hydrogen) atoms. The van der Waals surface area contributed by atoms with Gasteiger partial charge in [0.1, 0.15) is 5.03 Å². The predicted octanol–water partition coefficient (Wildman–Crippen LogP) is 1.50. The molecular formula is C11H8N2O4S. The van der Waals surface area contributed by atoms with Crippen molar-refractivity contribution in [3.05, 3.63) is 30.0 Å². The molecule has 1 aromatic carbocycles. The number of aromatic nitrogens is 2. The Morgan fingerprint density at radius 2 is 1.72 bits per heavy atom. The standard InChI is InChI=1S/C11H8N2O4S/c14-8(15)5-18-10-9(11(16)17)12-6-3-1-2-4-7(6)13-10/h1-4H,5H2,(H,14,15)(H,16,17). The highest BCUT2D eigenvalue weighted by atomic mass is 32.2. The summed E-state index contributed by atoms with van der Waals surface area (Å²) < 4.78 is 0. The Morgan fingerprint density at radius 3 is 2.28 bits per heavy atom. The van der Waals surface area contributed by atoms with Crippen molar-refractivity contribution in [3.63, 3.8) is 0 Å². The van der Waals surface area contributed by atoms with Crippen LogP contribution in [0.25, 0.3) is 11.0 Å². The Labute approximate surface area is 106 Å². The lowest BCUT2D eigenvalue weighted by Crippen LogP contribution is -2.07. The van der Waals surface area contributed by atoms with Crippen LogP contribution in [0.1, 0.15) is 10.5 Å². The molecule has 0 aliphatic heterocycles. The predicted molar refractivity (Wildman–Crippen MR) is 64.9 cm³/mol. The number of rotatable bonds is 4. The third-order valence-electron chi connectivity index (χ3n) is 2.07. The summed E-state index contributed by atoms with van der Waals surface area (Å²) >= 11 is 0.844. The van der Waals surface area contributed by atoms with E-state index in [-0.39, 0.29) is 16.5 Å². The summed E-state index contributed by atoms with van der Waals surface area (Å²) in [5.74, 6) is -2.51. The molecule has 0 aliphatic carbocycles. The summed E-state index contributed by atoms with van der Waals surface area (Å²) in [6.07, 6.45) is 0. The number of carboxylic acid groups (broad SMARTS) is 2. The molecule has 92 valence electrons. The number of fused-ring (bicyclic) bond motifs is 1. The maximum absolute atomic E-state index is 11.0. The van der Waals surface area contributed by atoms with E-state index in [9.17, 15) is 9.59 Å². The smallest absolute Gasteiger partial charge is 0.357 e. The number of aromatic carboxylic acids is 1. The Kier molecular flexibility index (Phi) is 3.42. The van der Waals surface area contributed by atoms with Crippen molar-refractivity contribution in [2.24, 2.45) is 0 Å². The molecule has 0 saturated heterocycles. The van der Waals surface area contributed by atoms with Gasteiger partial charge in [0.25, 0.3) is 0 Å². The lowest BCUT2D eigenvalue weighted by molar-refractivity contribution is -0.133. The normalized spacial score (nSPS) is 10.4. The van der Waals surface area contributed by atoms with Gasteiger partial charge >= 0.3 is 11.9 Å². The van der Waals surface area contributed by atoms with Gasteiger partial charge in [-0.05, 0) is 12.1 Å². The van der Waals surface area contributed by atoms with Gasteiger partial charge in [0.2, 0.25) is 0 Å². The first-order chi connectivity index (χ1) is 8.58. The van der Waals surface area contributed by atoms with E-state index >= 15 is 0 Å². The van der Waals surface area contributed by atoms with E-state index in [1.54, 1.807) is 24.3 Å². The van der Waals surface area contributed by atoms with Crippen molar-refractivity contribution in [1.29, 1.82) is 0 Å². The van der Waals surface area contributed by atoms with Gasteiger partial charge < -0.3 is 10.2 Å². The summed E-state index contributed by atoms with van der Waals surface area (Å²) in [6, 6.07) is 6.83. The Morgan fingerprint density at radius 1 is 1.11 bits per heavy atom. The van der Waals surface area contributed by atoms with Crippen LogP contribution in [-0.2, 0) is 4.79 Å². The molecular weight excluding hydrogens is 256 g/mol. The van der Waals surface area contributed by atoms with Crippen LogP contribution >= 0.6 is 11.8 Å². The summed E-state index contributed by atoms with van der Waals surface area (Å²) in [4.78, 5) is 29.6. The van der Waals surface area contributed by atoms with Crippen LogP contribution in [0.3, 0.4) is 0 Å². The molecule has 1 heterocycles. The maximum atomic E-state index is 11.0. The quantitative estimate of drug-likeness (QED) is 0.807. The van der Waals surface area contributed by atoms with Crippen LogP contribution in [0.2, 0.25) is 0 Å². The van der Waals surface area contributed by atoms with E-state index in [1.807, 2.05) is 0 Å². The van der Waals surface area contributed by atoms with E-state index in [1.165, 1.54) is 0 Å². The van der Waals surface area contributed by atoms with Crippen molar-refractivity contribution < 1.29 is 19.8 Å². The highest BCUT2D eigenvalue weighted by Crippen LogP contribution is 2.22. The van der Waals surface area contributed by atoms with Crippen LogP contribution in [-0.4, -0.2) is 37.9 Å². The Balaban J connectivity index is 2.50. The minimum atomic E-state index is -1.22. The summed E-state index contributed by atoms with van der Waals surface area (Å²) in [5, 5.41) is 17.7. The average Bonchev–Trinajstić information content (AvgIpc) is 2.35. The van der Waals surface area contributed by atoms with E-state index in [2.05, 4.69) is 9.97 Å². The molecule has 0 aliphatic rings. The van der Waals surface area contributed by atoms with Crippen LogP contribution in [0.15, 0.2) is 29.3 Å². The zero-order valence-electron chi connectivity index (χ0n) is 9.03. The lowest BCUT2D eigenvalue weighted by atomic mass is 10.3. The molecule has 0 fully saturated rings. The van der Waals surface area contributed by atoms with Crippen molar-refractivity contribution >= 4 is 34.7 Å². The zero-order chi connectivity index (χ0) is 13.1. The number of thioether (sulfide) groups is 1. The molecule has 2 aromatic rings. The average molecular weight is 264 g/mol. The van der Waals surface area contributed by atoms with Crippen molar-refractivity contribution in [2.45, 2.75) is 5.03 Å². The van der Waals surface area contributed by atoms with Gasteiger partial charge in [-0.15, -0.1) is 0 Å². The number of hydrogen-bond donors (Lipinski definition) is 2. The second-order valence-electron chi connectivity index (χ2n) is 3.35. The molecule has 7 heteroatoms. The topological polar surface area (TPSA) is 100 Å². The molecule has 6 nitrogen and oxygen atoms in total. The number of carboxylic acids is 2. The molecule has 0 saturated carbocycles. The monoisotopic (exact) mass is 264 g/mol.